The molecule has 1 aliphatic heterocycles. The molecule has 1 fully saturated rings. The number of hydrogen-bond acceptors (Lipinski definition) is 3. The van der Waals surface area contributed by atoms with Gasteiger partial charge < -0.3 is 14.7 Å². The summed E-state index contributed by atoms with van der Waals surface area (Å²) in [5.41, 5.74) is 0.274. The first-order valence-corrected chi connectivity index (χ1v) is 9.36. The van der Waals surface area contributed by atoms with Crippen LogP contribution in [0, 0.1) is 0 Å². The molecule has 2 aromatic rings. The lowest BCUT2D eigenvalue weighted by molar-refractivity contribution is -0.145. The summed E-state index contributed by atoms with van der Waals surface area (Å²) in [7, 11) is 0. The Labute approximate surface area is 163 Å². The molecule has 27 heavy (non-hydrogen) atoms. The van der Waals surface area contributed by atoms with Crippen molar-refractivity contribution < 1.29 is 19.4 Å². The van der Waals surface area contributed by atoms with Gasteiger partial charge in [-0.1, -0.05) is 41.9 Å². The molecule has 0 bridgehead atoms. The molecule has 0 aliphatic carbocycles. The van der Waals surface area contributed by atoms with Crippen LogP contribution in [0.1, 0.15) is 35.7 Å². The fraction of sp³-hybridized carbons (Fsp3) is 0.333. The third-order valence-corrected chi connectivity index (χ3v) is 5.35. The van der Waals surface area contributed by atoms with Crippen molar-refractivity contribution in [1.29, 1.82) is 0 Å². The molecule has 6 heteroatoms. The Morgan fingerprint density at radius 2 is 1.81 bits per heavy atom. The van der Waals surface area contributed by atoms with Gasteiger partial charge >= 0.3 is 5.97 Å². The lowest BCUT2D eigenvalue weighted by Crippen LogP contribution is -2.49. The highest BCUT2D eigenvalue weighted by atomic mass is 35.5. The number of amides is 1. The van der Waals surface area contributed by atoms with Gasteiger partial charge in [0.2, 0.25) is 0 Å². The number of carbonyl (C=O) groups excluding carboxylic acids is 1. The zero-order valence-corrected chi connectivity index (χ0v) is 15.9. The first-order valence-electron chi connectivity index (χ1n) is 8.98. The second-order valence-corrected chi connectivity index (χ2v) is 7.06. The van der Waals surface area contributed by atoms with E-state index in [0.717, 1.165) is 5.56 Å². The summed E-state index contributed by atoms with van der Waals surface area (Å²) in [6, 6.07) is 14.2. The number of carboxylic acids is 1. The summed E-state index contributed by atoms with van der Waals surface area (Å²) in [5, 5.41) is 10.4. The number of carbonyl (C=O) groups is 2. The molecular formula is C21H22ClNO4. The number of likely N-dealkylation sites (tertiary alicyclic amines) is 1. The number of benzene rings is 2. The third kappa shape index (κ3) is 3.78. The predicted octanol–water partition coefficient (Wildman–Crippen LogP) is 4.00. The van der Waals surface area contributed by atoms with Crippen molar-refractivity contribution in [2.24, 2.45) is 0 Å². The summed E-state index contributed by atoms with van der Waals surface area (Å²) in [5.74, 6) is -0.558. The molecule has 1 amide bonds. The Bertz CT molecular complexity index is 829. The molecule has 0 radical (unpaired) electrons. The molecular weight excluding hydrogens is 366 g/mol. The zero-order valence-electron chi connectivity index (χ0n) is 15.2. The second kappa shape index (κ2) is 8.01. The molecule has 1 N–H and O–H groups in total. The summed E-state index contributed by atoms with van der Waals surface area (Å²) >= 11 is 6.01. The average molecular weight is 388 g/mol. The number of hydrogen-bond donors (Lipinski definition) is 1. The monoisotopic (exact) mass is 387 g/mol. The largest absolute Gasteiger partial charge is 0.493 e. The Hall–Kier alpha value is -2.53. The minimum Gasteiger partial charge on any atom is -0.493 e. The molecule has 1 aliphatic rings. The summed E-state index contributed by atoms with van der Waals surface area (Å²) in [4.78, 5) is 26.7. The first-order chi connectivity index (χ1) is 13.0. The van der Waals surface area contributed by atoms with Crippen LogP contribution in [0.2, 0.25) is 5.02 Å². The fourth-order valence-electron chi connectivity index (χ4n) is 3.59. The van der Waals surface area contributed by atoms with Crippen molar-refractivity contribution in [3.8, 4) is 5.75 Å². The molecule has 3 rings (SSSR count). The minimum absolute atomic E-state index is 0.165. The van der Waals surface area contributed by atoms with Gasteiger partial charge in [0.05, 0.1) is 17.6 Å². The maximum atomic E-state index is 13.0. The highest BCUT2D eigenvalue weighted by Crippen LogP contribution is 2.37. The highest BCUT2D eigenvalue weighted by Gasteiger charge is 2.44. The maximum absolute atomic E-state index is 13.0. The number of carboxylic acid groups (broad SMARTS) is 1. The van der Waals surface area contributed by atoms with Gasteiger partial charge in [0.25, 0.3) is 5.91 Å². The Kier molecular flexibility index (Phi) is 5.71. The summed E-state index contributed by atoms with van der Waals surface area (Å²) < 4.78 is 5.55. The van der Waals surface area contributed by atoms with Crippen LogP contribution in [0.15, 0.2) is 48.5 Å². The van der Waals surface area contributed by atoms with E-state index >= 15 is 0 Å². The number of ether oxygens (including phenoxy) is 1. The third-order valence-electron chi connectivity index (χ3n) is 5.11. The second-order valence-electron chi connectivity index (χ2n) is 6.62. The number of rotatable bonds is 5. The van der Waals surface area contributed by atoms with E-state index in [4.69, 9.17) is 16.3 Å². The van der Waals surface area contributed by atoms with Crippen LogP contribution < -0.4 is 4.74 Å². The zero-order chi connectivity index (χ0) is 19.4. The maximum Gasteiger partial charge on any atom is 0.314 e. The fourth-order valence-corrected chi connectivity index (χ4v) is 3.75. The average Bonchev–Trinajstić information content (AvgIpc) is 2.68. The van der Waals surface area contributed by atoms with Gasteiger partial charge in [-0.2, -0.15) is 0 Å². The number of aliphatic carboxylic acids is 1. The van der Waals surface area contributed by atoms with Crippen LogP contribution in [0.4, 0.5) is 0 Å². The van der Waals surface area contributed by atoms with Gasteiger partial charge in [-0.15, -0.1) is 0 Å². The SMILES string of the molecule is CCOc1cc(Cl)ccc1C(=O)N1CCC(C(=O)O)(c2ccccc2)CC1. The van der Waals surface area contributed by atoms with Crippen LogP contribution in [0.3, 0.4) is 0 Å². The molecule has 2 aromatic carbocycles. The van der Waals surface area contributed by atoms with Crippen LogP contribution in [-0.2, 0) is 10.2 Å². The van der Waals surface area contributed by atoms with Crippen molar-refractivity contribution >= 4 is 23.5 Å². The van der Waals surface area contributed by atoms with Crippen molar-refractivity contribution in [1.82, 2.24) is 4.90 Å². The molecule has 5 nitrogen and oxygen atoms in total. The summed E-state index contributed by atoms with van der Waals surface area (Å²) in [6.45, 7) is 3.01. The van der Waals surface area contributed by atoms with E-state index in [1.807, 2.05) is 37.3 Å². The lowest BCUT2D eigenvalue weighted by atomic mass is 9.72. The number of nitrogens with zero attached hydrogens (tertiary/aromatic N) is 1. The molecule has 1 saturated heterocycles. The van der Waals surface area contributed by atoms with E-state index in [9.17, 15) is 14.7 Å². The van der Waals surface area contributed by atoms with Crippen molar-refractivity contribution in [2.75, 3.05) is 19.7 Å². The Balaban J connectivity index is 1.81. The van der Waals surface area contributed by atoms with Crippen LogP contribution in [-0.4, -0.2) is 41.6 Å². The van der Waals surface area contributed by atoms with Gasteiger partial charge in [0.1, 0.15) is 5.75 Å². The standard InChI is InChI=1S/C21H22ClNO4/c1-2-27-18-14-16(22)8-9-17(18)19(24)23-12-10-21(11-13-23,20(25)26)15-6-4-3-5-7-15/h3-9,14H,2,10-13H2,1H3,(H,25,26). The lowest BCUT2D eigenvalue weighted by Gasteiger charge is -2.39. The molecule has 0 spiro atoms. The smallest absolute Gasteiger partial charge is 0.314 e. The number of piperidine rings is 1. The summed E-state index contributed by atoms with van der Waals surface area (Å²) in [6.07, 6.45) is 0.741. The number of halogens is 1. The first kappa shape index (κ1) is 19.2. The molecule has 0 saturated carbocycles. The van der Waals surface area contributed by atoms with Crippen molar-refractivity contribution in [3.63, 3.8) is 0 Å². The molecule has 0 aromatic heterocycles. The molecule has 142 valence electrons. The van der Waals surface area contributed by atoms with Crippen LogP contribution in [0.5, 0.6) is 5.75 Å². The van der Waals surface area contributed by atoms with E-state index in [1.54, 1.807) is 23.1 Å². The van der Waals surface area contributed by atoms with E-state index in [-0.39, 0.29) is 5.91 Å². The van der Waals surface area contributed by atoms with Gasteiger partial charge in [0.15, 0.2) is 0 Å². The topological polar surface area (TPSA) is 66.8 Å². The highest BCUT2D eigenvalue weighted by molar-refractivity contribution is 6.30. The van der Waals surface area contributed by atoms with E-state index in [0.29, 0.717) is 48.9 Å². The van der Waals surface area contributed by atoms with Crippen LogP contribution >= 0.6 is 11.6 Å². The van der Waals surface area contributed by atoms with Gasteiger partial charge in [0, 0.05) is 18.1 Å². The van der Waals surface area contributed by atoms with Gasteiger partial charge in [-0.3, -0.25) is 9.59 Å². The quantitative estimate of drug-likeness (QED) is 0.842. The minimum atomic E-state index is -0.958. The molecule has 0 atom stereocenters. The molecule has 1 heterocycles. The van der Waals surface area contributed by atoms with Gasteiger partial charge in [-0.25, -0.2) is 0 Å². The molecule has 0 unspecified atom stereocenters. The van der Waals surface area contributed by atoms with E-state index in [2.05, 4.69) is 0 Å². The van der Waals surface area contributed by atoms with Crippen molar-refractivity contribution in [2.45, 2.75) is 25.2 Å². The van der Waals surface area contributed by atoms with Gasteiger partial charge in [-0.05, 0) is 43.5 Å². The van der Waals surface area contributed by atoms with E-state index in [1.165, 1.54) is 0 Å². The van der Waals surface area contributed by atoms with Crippen molar-refractivity contribution in [3.05, 3.63) is 64.7 Å². The predicted molar refractivity (Wildman–Crippen MR) is 104 cm³/mol. The Morgan fingerprint density at radius 3 is 2.41 bits per heavy atom. The van der Waals surface area contributed by atoms with Crippen LogP contribution in [0.25, 0.3) is 0 Å². The Morgan fingerprint density at radius 1 is 1.15 bits per heavy atom. The normalized spacial score (nSPS) is 16.0. The van der Waals surface area contributed by atoms with E-state index < -0.39 is 11.4 Å².